The highest BCUT2D eigenvalue weighted by Crippen LogP contribution is 2.49. The molecule has 3 amide bonds. The predicted octanol–water partition coefficient (Wildman–Crippen LogP) is 1.88. The third kappa shape index (κ3) is 2.92. The van der Waals surface area contributed by atoms with Crippen molar-refractivity contribution in [1.29, 1.82) is 0 Å². The van der Waals surface area contributed by atoms with Crippen molar-refractivity contribution in [2.75, 3.05) is 5.88 Å². The van der Waals surface area contributed by atoms with E-state index in [0.717, 1.165) is 11.8 Å². The average Bonchev–Trinajstić information content (AvgIpc) is 2.90. The lowest BCUT2D eigenvalue weighted by atomic mass is 9.84. The number of rotatable bonds is 3. The molecule has 4 atom stereocenters. The van der Waals surface area contributed by atoms with Crippen LogP contribution in [0.1, 0.15) is 32.6 Å². The monoisotopic (exact) mass is 258 g/mol. The van der Waals surface area contributed by atoms with E-state index < -0.39 is 11.9 Å². The van der Waals surface area contributed by atoms with Crippen LogP contribution in [-0.4, -0.2) is 23.9 Å². The molecule has 0 radical (unpaired) electrons. The molecule has 2 rings (SSSR count). The van der Waals surface area contributed by atoms with Gasteiger partial charge in [-0.2, -0.15) is 0 Å². The molecule has 0 heterocycles. The van der Waals surface area contributed by atoms with Crippen LogP contribution in [0.4, 0.5) is 4.79 Å². The number of imide groups is 1. The fourth-order valence-electron chi connectivity index (χ4n) is 3.42. The van der Waals surface area contributed by atoms with E-state index in [-0.39, 0.29) is 11.9 Å². The summed E-state index contributed by atoms with van der Waals surface area (Å²) in [6.07, 6.45) is 5.18. The van der Waals surface area contributed by atoms with Crippen LogP contribution in [-0.2, 0) is 4.79 Å². The van der Waals surface area contributed by atoms with Gasteiger partial charge in [-0.25, -0.2) is 4.79 Å². The third-order valence-electron chi connectivity index (χ3n) is 4.17. The van der Waals surface area contributed by atoms with Gasteiger partial charge in [-0.05, 0) is 43.9 Å². The topological polar surface area (TPSA) is 58.2 Å². The normalized spacial score (nSPS) is 32.2. The minimum Gasteiger partial charge on any atom is -0.335 e. The van der Waals surface area contributed by atoms with Gasteiger partial charge < -0.3 is 5.32 Å². The van der Waals surface area contributed by atoms with Gasteiger partial charge in [0.1, 0.15) is 5.88 Å². The number of halogens is 1. The van der Waals surface area contributed by atoms with Gasteiger partial charge in [0.25, 0.3) is 0 Å². The van der Waals surface area contributed by atoms with E-state index in [9.17, 15) is 9.59 Å². The number of carbonyl (C=O) groups is 2. The number of fused-ring (bicyclic) bond motifs is 2. The molecule has 0 aromatic heterocycles. The molecule has 2 bridgehead atoms. The van der Waals surface area contributed by atoms with Crippen LogP contribution in [0.5, 0.6) is 0 Å². The Kier molecular flexibility index (Phi) is 3.92. The lowest BCUT2D eigenvalue weighted by Gasteiger charge is -2.28. The highest BCUT2D eigenvalue weighted by Gasteiger charge is 2.42. The van der Waals surface area contributed by atoms with Gasteiger partial charge in [0.2, 0.25) is 5.91 Å². The Hall–Kier alpha value is -0.770. The third-order valence-corrected chi connectivity index (χ3v) is 4.41. The summed E-state index contributed by atoms with van der Waals surface area (Å²) in [5.41, 5.74) is 0. The van der Waals surface area contributed by atoms with Gasteiger partial charge >= 0.3 is 6.03 Å². The van der Waals surface area contributed by atoms with E-state index >= 15 is 0 Å². The van der Waals surface area contributed by atoms with Crippen LogP contribution in [0.15, 0.2) is 0 Å². The smallest absolute Gasteiger partial charge is 0.321 e. The number of carbonyl (C=O) groups excluding carboxylic acids is 2. The molecule has 0 saturated heterocycles. The first-order valence-electron chi connectivity index (χ1n) is 6.26. The maximum Gasteiger partial charge on any atom is 0.321 e. The Labute approximate surface area is 106 Å². The number of hydrogen-bond donors (Lipinski definition) is 2. The summed E-state index contributed by atoms with van der Waals surface area (Å²) in [4.78, 5) is 22.4. The Balaban J connectivity index is 1.79. The molecular weight excluding hydrogens is 240 g/mol. The van der Waals surface area contributed by atoms with Crippen molar-refractivity contribution in [2.45, 2.75) is 38.6 Å². The Bertz CT molecular complexity index is 322. The molecule has 2 aliphatic carbocycles. The Morgan fingerprint density at radius 1 is 1.35 bits per heavy atom. The number of hydrogen-bond acceptors (Lipinski definition) is 2. The Morgan fingerprint density at radius 2 is 2.12 bits per heavy atom. The molecule has 0 aromatic carbocycles. The fraction of sp³-hybridized carbons (Fsp3) is 0.833. The van der Waals surface area contributed by atoms with Crippen molar-refractivity contribution in [3.05, 3.63) is 0 Å². The Morgan fingerprint density at radius 3 is 2.65 bits per heavy atom. The zero-order valence-corrected chi connectivity index (χ0v) is 10.8. The van der Waals surface area contributed by atoms with Crippen molar-refractivity contribution in [2.24, 2.45) is 17.8 Å². The molecule has 0 unspecified atom stereocenters. The van der Waals surface area contributed by atoms with E-state index in [4.69, 9.17) is 11.6 Å². The predicted molar refractivity (Wildman–Crippen MR) is 65.8 cm³/mol. The van der Waals surface area contributed by atoms with E-state index in [1.165, 1.54) is 25.7 Å². The van der Waals surface area contributed by atoms with Gasteiger partial charge in [0, 0.05) is 6.04 Å². The molecular formula is C12H19ClN2O2. The van der Waals surface area contributed by atoms with Crippen LogP contribution < -0.4 is 10.6 Å². The van der Waals surface area contributed by atoms with Crippen LogP contribution in [0.2, 0.25) is 0 Å². The van der Waals surface area contributed by atoms with Gasteiger partial charge in [0.05, 0.1) is 0 Å². The summed E-state index contributed by atoms with van der Waals surface area (Å²) in [7, 11) is 0. The first-order chi connectivity index (χ1) is 8.10. The minimum atomic E-state index is -0.454. The molecule has 96 valence electrons. The maximum atomic E-state index is 11.5. The van der Waals surface area contributed by atoms with Crippen LogP contribution in [0.3, 0.4) is 0 Å². The average molecular weight is 259 g/mol. The van der Waals surface area contributed by atoms with Crippen molar-refractivity contribution in [3.63, 3.8) is 0 Å². The van der Waals surface area contributed by atoms with Gasteiger partial charge in [0.15, 0.2) is 0 Å². The molecule has 2 fully saturated rings. The zero-order chi connectivity index (χ0) is 12.4. The maximum absolute atomic E-state index is 11.5. The lowest BCUT2D eigenvalue weighted by Crippen LogP contribution is -2.47. The van der Waals surface area contributed by atoms with Gasteiger partial charge in [-0.15, -0.1) is 11.6 Å². The summed E-state index contributed by atoms with van der Waals surface area (Å²) < 4.78 is 0. The van der Waals surface area contributed by atoms with Crippen molar-refractivity contribution < 1.29 is 9.59 Å². The minimum absolute atomic E-state index is 0.133. The fourth-order valence-corrected chi connectivity index (χ4v) is 3.48. The number of urea groups is 1. The molecule has 0 spiro atoms. The number of nitrogens with one attached hydrogen (secondary N) is 2. The summed E-state index contributed by atoms with van der Waals surface area (Å²) in [5.74, 6) is 1.56. The summed E-state index contributed by atoms with van der Waals surface area (Å²) in [6, 6.07) is -0.292. The molecule has 2 N–H and O–H groups in total. The number of alkyl halides is 1. The van der Waals surface area contributed by atoms with E-state index in [0.29, 0.717) is 5.92 Å². The standard InChI is InChI=1S/C12H19ClN2O2/c1-7(14-12(17)15-11(16)6-13)10-5-8-2-3-9(10)4-8/h7-10H,2-6H2,1H3,(H2,14,15,16,17)/t7-,8-,9-,10+/m1/s1. The van der Waals surface area contributed by atoms with Gasteiger partial charge in [-0.3, -0.25) is 10.1 Å². The second kappa shape index (κ2) is 5.25. The molecule has 2 saturated carbocycles. The summed E-state index contributed by atoms with van der Waals surface area (Å²) in [5, 5.41) is 5.05. The second-order valence-electron chi connectivity index (χ2n) is 5.28. The molecule has 17 heavy (non-hydrogen) atoms. The molecule has 4 nitrogen and oxygen atoms in total. The van der Waals surface area contributed by atoms with Crippen molar-refractivity contribution in [1.82, 2.24) is 10.6 Å². The highest BCUT2D eigenvalue weighted by molar-refractivity contribution is 6.28. The lowest BCUT2D eigenvalue weighted by molar-refractivity contribution is -0.117. The largest absolute Gasteiger partial charge is 0.335 e. The molecule has 0 aliphatic heterocycles. The van der Waals surface area contributed by atoms with Crippen LogP contribution in [0.25, 0.3) is 0 Å². The first-order valence-corrected chi connectivity index (χ1v) is 6.80. The van der Waals surface area contributed by atoms with E-state index in [2.05, 4.69) is 10.6 Å². The van der Waals surface area contributed by atoms with Crippen molar-refractivity contribution >= 4 is 23.5 Å². The molecule has 0 aromatic rings. The van der Waals surface area contributed by atoms with E-state index in [1.807, 2.05) is 6.92 Å². The summed E-state index contributed by atoms with van der Waals surface area (Å²) >= 11 is 5.32. The van der Waals surface area contributed by atoms with E-state index in [1.54, 1.807) is 0 Å². The molecule has 5 heteroatoms. The van der Waals surface area contributed by atoms with Crippen LogP contribution in [0, 0.1) is 17.8 Å². The zero-order valence-electron chi connectivity index (χ0n) is 10.0. The molecule has 2 aliphatic rings. The SMILES string of the molecule is C[C@@H](NC(=O)NC(=O)CCl)[C@@H]1C[C@@H]2CC[C@@H]1C2. The van der Waals surface area contributed by atoms with Crippen molar-refractivity contribution in [3.8, 4) is 0 Å². The van der Waals surface area contributed by atoms with Gasteiger partial charge in [-0.1, -0.05) is 6.42 Å². The summed E-state index contributed by atoms with van der Waals surface area (Å²) in [6.45, 7) is 2.02. The first kappa shape index (κ1) is 12.7. The van der Waals surface area contributed by atoms with Crippen LogP contribution >= 0.6 is 11.6 Å². The second-order valence-corrected chi connectivity index (χ2v) is 5.55. The number of amides is 3. The quantitative estimate of drug-likeness (QED) is 0.760. The highest BCUT2D eigenvalue weighted by atomic mass is 35.5.